The lowest BCUT2D eigenvalue weighted by Gasteiger charge is -2.15. The van der Waals surface area contributed by atoms with Crippen molar-refractivity contribution >= 4 is 17.1 Å². The van der Waals surface area contributed by atoms with Gasteiger partial charge in [0.25, 0.3) is 0 Å². The average molecular weight is 344 g/mol. The fraction of sp³-hybridized carbons (Fsp3) is 0.579. The zero-order chi connectivity index (χ0) is 17.8. The van der Waals surface area contributed by atoms with Crippen molar-refractivity contribution in [1.82, 2.24) is 20.2 Å². The SMILES string of the molecule is Cc1cc2ncn(C[C@H](O)CNC(=O)NCC3CCCC3)c2cc1C. The molecular formula is C19H28N4O2. The number of carbonyl (C=O) groups excluding carboxylic acids is 1. The Bertz CT molecular complexity index is 734. The Morgan fingerprint density at radius 1 is 1.28 bits per heavy atom. The van der Waals surface area contributed by atoms with Crippen LogP contribution in [0.4, 0.5) is 4.79 Å². The quantitative estimate of drug-likeness (QED) is 0.753. The Morgan fingerprint density at radius 3 is 2.76 bits per heavy atom. The summed E-state index contributed by atoms with van der Waals surface area (Å²) in [5.74, 6) is 0.611. The van der Waals surface area contributed by atoms with E-state index in [1.165, 1.54) is 36.8 Å². The number of carbonyl (C=O) groups is 1. The third-order valence-corrected chi connectivity index (χ3v) is 5.17. The smallest absolute Gasteiger partial charge is 0.314 e. The molecule has 1 heterocycles. The van der Waals surface area contributed by atoms with Gasteiger partial charge in [0.15, 0.2) is 0 Å². The molecular weight excluding hydrogens is 316 g/mol. The number of hydrogen-bond acceptors (Lipinski definition) is 3. The molecule has 3 N–H and O–H groups in total. The molecule has 0 unspecified atom stereocenters. The van der Waals surface area contributed by atoms with Crippen LogP contribution >= 0.6 is 0 Å². The highest BCUT2D eigenvalue weighted by atomic mass is 16.3. The Morgan fingerprint density at radius 2 is 2.00 bits per heavy atom. The molecule has 2 aromatic rings. The van der Waals surface area contributed by atoms with Crippen LogP contribution in [0.1, 0.15) is 36.8 Å². The molecule has 0 radical (unpaired) electrons. The predicted octanol–water partition coefficient (Wildman–Crippen LogP) is 2.50. The number of aliphatic hydroxyl groups excluding tert-OH is 1. The summed E-state index contributed by atoms with van der Waals surface area (Å²) in [5.41, 5.74) is 4.34. The lowest BCUT2D eigenvalue weighted by molar-refractivity contribution is 0.152. The number of rotatable bonds is 6. The van der Waals surface area contributed by atoms with E-state index in [1.807, 2.05) is 4.57 Å². The minimum absolute atomic E-state index is 0.201. The normalized spacial score (nSPS) is 16.3. The summed E-state index contributed by atoms with van der Waals surface area (Å²) in [6.07, 6.45) is 6.03. The van der Waals surface area contributed by atoms with Gasteiger partial charge in [-0.1, -0.05) is 12.8 Å². The van der Waals surface area contributed by atoms with Crippen LogP contribution in [0.25, 0.3) is 11.0 Å². The first kappa shape index (κ1) is 17.7. The van der Waals surface area contributed by atoms with E-state index in [0.29, 0.717) is 12.5 Å². The minimum Gasteiger partial charge on any atom is -0.389 e. The number of fused-ring (bicyclic) bond motifs is 1. The zero-order valence-electron chi connectivity index (χ0n) is 15.1. The Labute approximate surface area is 148 Å². The lowest BCUT2D eigenvalue weighted by Crippen LogP contribution is -2.42. The fourth-order valence-corrected chi connectivity index (χ4v) is 3.47. The molecule has 25 heavy (non-hydrogen) atoms. The van der Waals surface area contributed by atoms with Gasteiger partial charge >= 0.3 is 6.03 Å². The van der Waals surface area contributed by atoms with Crippen LogP contribution in [0, 0.1) is 19.8 Å². The second kappa shape index (κ2) is 7.87. The summed E-state index contributed by atoms with van der Waals surface area (Å²) in [4.78, 5) is 16.2. The van der Waals surface area contributed by atoms with Crippen LogP contribution in [0.3, 0.4) is 0 Å². The van der Waals surface area contributed by atoms with E-state index in [9.17, 15) is 9.90 Å². The van der Waals surface area contributed by atoms with Crippen LogP contribution < -0.4 is 10.6 Å². The summed E-state index contributed by atoms with van der Waals surface area (Å²) in [7, 11) is 0. The van der Waals surface area contributed by atoms with E-state index in [1.54, 1.807) is 6.33 Å². The number of benzene rings is 1. The minimum atomic E-state index is -0.656. The second-order valence-corrected chi connectivity index (χ2v) is 7.22. The molecule has 1 aliphatic carbocycles. The summed E-state index contributed by atoms with van der Waals surface area (Å²) in [6.45, 7) is 5.49. The summed E-state index contributed by atoms with van der Waals surface area (Å²) >= 11 is 0. The first-order valence-corrected chi connectivity index (χ1v) is 9.15. The van der Waals surface area contributed by atoms with Gasteiger partial charge in [-0.3, -0.25) is 0 Å². The summed E-state index contributed by atoms with van der Waals surface area (Å²) < 4.78 is 1.94. The van der Waals surface area contributed by atoms with Crippen molar-refractivity contribution < 1.29 is 9.90 Å². The van der Waals surface area contributed by atoms with Gasteiger partial charge in [-0.2, -0.15) is 0 Å². The molecule has 1 aliphatic rings. The van der Waals surface area contributed by atoms with E-state index in [4.69, 9.17) is 0 Å². The Kier molecular flexibility index (Phi) is 5.58. The van der Waals surface area contributed by atoms with Crippen molar-refractivity contribution in [1.29, 1.82) is 0 Å². The van der Waals surface area contributed by atoms with Crippen LogP contribution in [0.2, 0.25) is 0 Å². The average Bonchev–Trinajstić information content (AvgIpc) is 3.23. The highest BCUT2D eigenvalue weighted by Crippen LogP contribution is 2.23. The van der Waals surface area contributed by atoms with Gasteiger partial charge in [0, 0.05) is 13.1 Å². The molecule has 0 saturated heterocycles. The first-order valence-electron chi connectivity index (χ1n) is 9.15. The molecule has 6 nitrogen and oxygen atoms in total. The Hall–Kier alpha value is -2.08. The molecule has 0 aliphatic heterocycles. The molecule has 3 rings (SSSR count). The number of nitrogens with zero attached hydrogens (tertiary/aromatic N) is 2. The standard InChI is InChI=1S/C19H28N4O2/c1-13-7-17-18(8-14(13)2)23(12-22-17)11-16(24)10-21-19(25)20-9-15-5-3-4-6-15/h7-8,12,15-16,24H,3-6,9-11H2,1-2H3,(H2,20,21,25)/t16-/m1/s1. The van der Waals surface area contributed by atoms with Gasteiger partial charge in [-0.05, 0) is 55.9 Å². The first-order chi connectivity index (χ1) is 12.0. The van der Waals surface area contributed by atoms with Gasteiger partial charge < -0.3 is 20.3 Å². The van der Waals surface area contributed by atoms with Gasteiger partial charge in [0.05, 0.1) is 30.0 Å². The molecule has 6 heteroatoms. The lowest BCUT2D eigenvalue weighted by atomic mass is 10.1. The van der Waals surface area contributed by atoms with Gasteiger partial charge in [0.1, 0.15) is 0 Å². The molecule has 1 atom stereocenters. The van der Waals surface area contributed by atoms with Gasteiger partial charge in [-0.25, -0.2) is 9.78 Å². The van der Waals surface area contributed by atoms with E-state index in [0.717, 1.165) is 17.6 Å². The number of imidazole rings is 1. The third-order valence-electron chi connectivity index (χ3n) is 5.17. The second-order valence-electron chi connectivity index (χ2n) is 7.22. The molecule has 136 valence electrons. The fourth-order valence-electron chi connectivity index (χ4n) is 3.47. The van der Waals surface area contributed by atoms with Gasteiger partial charge in [0.2, 0.25) is 0 Å². The topological polar surface area (TPSA) is 79.2 Å². The van der Waals surface area contributed by atoms with Crippen LogP contribution in [-0.4, -0.2) is 39.9 Å². The predicted molar refractivity (Wildman–Crippen MR) is 98.6 cm³/mol. The number of hydrogen-bond donors (Lipinski definition) is 3. The van der Waals surface area contributed by atoms with Crippen molar-refractivity contribution in [3.63, 3.8) is 0 Å². The molecule has 0 spiro atoms. The maximum Gasteiger partial charge on any atom is 0.314 e. The number of nitrogens with one attached hydrogen (secondary N) is 2. The van der Waals surface area contributed by atoms with Crippen molar-refractivity contribution in [2.24, 2.45) is 5.92 Å². The van der Waals surface area contributed by atoms with E-state index in [2.05, 4.69) is 41.6 Å². The molecule has 1 fully saturated rings. The number of aryl methyl sites for hydroxylation is 2. The Balaban J connectivity index is 1.48. The van der Waals surface area contributed by atoms with Crippen LogP contribution in [0.5, 0.6) is 0 Å². The maximum atomic E-state index is 11.8. The molecule has 1 saturated carbocycles. The number of amides is 2. The van der Waals surface area contributed by atoms with Gasteiger partial charge in [-0.15, -0.1) is 0 Å². The molecule has 1 aromatic heterocycles. The highest BCUT2D eigenvalue weighted by molar-refractivity contribution is 5.77. The summed E-state index contributed by atoms with van der Waals surface area (Å²) in [5, 5.41) is 15.9. The number of aromatic nitrogens is 2. The monoisotopic (exact) mass is 344 g/mol. The molecule has 2 amide bonds. The van der Waals surface area contributed by atoms with E-state index >= 15 is 0 Å². The summed E-state index contributed by atoms with van der Waals surface area (Å²) in [6, 6.07) is 3.95. The van der Waals surface area contributed by atoms with Crippen molar-refractivity contribution in [2.75, 3.05) is 13.1 Å². The highest BCUT2D eigenvalue weighted by Gasteiger charge is 2.16. The number of aliphatic hydroxyl groups is 1. The van der Waals surface area contributed by atoms with E-state index < -0.39 is 6.10 Å². The molecule has 0 bridgehead atoms. The van der Waals surface area contributed by atoms with Crippen molar-refractivity contribution in [3.05, 3.63) is 29.6 Å². The van der Waals surface area contributed by atoms with Crippen molar-refractivity contribution in [2.45, 2.75) is 52.2 Å². The molecule has 1 aromatic carbocycles. The largest absolute Gasteiger partial charge is 0.389 e. The number of urea groups is 1. The van der Waals surface area contributed by atoms with E-state index in [-0.39, 0.29) is 12.6 Å². The third kappa shape index (κ3) is 4.51. The van der Waals surface area contributed by atoms with Crippen LogP contribution in [0.15, 0.2) is 18.5 Å². The maximum absolute atomic E-state index is 11.8. The van der Waals surface area contributed by atoms with Crippen molar-refractivity contribution in [3.8, 4) is 0 Å². The van der Waals surface area contributed by atoms with Crippen LogP contribution in [-0.2, 0) is 6.54 Å². The zero-order valence-corrected chi connectivity index (χ0v) is 15.1.